The second-order valence-electron chi connectivity index (χ2n) is 0.0745. The Balaban J connectivity index is -0.0000000200. The van der Waals surface area contributed by atoms with Gasteiger partial charge in [0.1, 0.15) is 0 Å². The summed E-state index contributed by atoms with van der Waals surface area (Å²) in [7, 11) is 0. The molecule has 0 saturated carbocycles. The van der Waals surface area contributed by atoms with Crippen LogP contribution >= 0.6 is 0 Å². The summed E-state index contributed by atoms with van der Waals surface area (Å²) in [4.78, 5) is 8.00. The summed E-state index contributed by atoms with van der Waals surface area (Å²) in [5.74, 6) is 0. The predicted octanol–water partition coefficient (Wildman–Crippen LogP) is -2.75. The molecule has 0 amide bonds. The average Bonchev–Trinajstić information content (AvgIpc) is 0.918. The Labute approximate surface area is 56.1 Å². The topological polar surface area (TPSA) is 52.5 Å². The van der Waals surface area contributed by atoms with E-state index in [0.717, 1.165) is 5.34 Å². The van der Waals surface area contributed by atoms with E-state index >= 15 is 0 Å². The van der Waals surface area contributed by atoms with Gasteiger partial charge in [-0.15, -0.1) is 5.34 Å². The molecular formula is LiNO2Ti. The maximum absolute atomic E-state index is 8.00. The maximum Gasteiger partial charge on any atom is 1.00 e. The first-order chi connectivity index (χ1) is 1.41. The van der Waals surface area contributed by atoms with Crippen molar-refractivity contribution in [2.45, 2.75) is 0 Å². The van der Waals surface area contributed by atoms with Crippen LogP contribution in [0.5, 0.6) is 0 Å². The van der Waals surface area contributed by atoms with Crippen LogP contribution in [0.3, 0.4) is 0 Å². The first kappa shape index (κ1) is 17.2. The molecule has 0 N–H and O–H groups in total. The molecule has 5 heavy (non-hydrogen) atoms. The standard InChI is InChI=1S/Li.HNO2.Ti/c;2-1-3;/h;(H,2,3);/q+1;;/p-1. The van der Waals surface area contributed by atoms with Crippen molar-refractivity contribution in [3.63, 3.8) is 0 Å². The van der Waals surface area contributed by atoms with Crippen LogP contribution in [0.25, 0.3) is 0 Å². The van der Waals surface area contributed by atoms with Crippen LogP contribution in [-0.2, 0) is 21.7 Å². The fourth-order valence-corrected chi connectivity index (χ4v) is 0. The molecule has 0 bridgehead atoms. The number of nitrogens with zero attached hydrogens (tertiary/aromatic N) is 1. The molecule has 0 aromatic carbocycles. The molecule has 0 fully saturated rings. The first-order valence-corrected chi connectivity index (χ1v) is 0.365. The van der Waals surface area contributed by atoms with Gasteiger partial charge in [0.2, 0.25) is 0 Å². The van der Waals surface area contributed by atoms with Crippen LogP contribution in [0.2, 0.25) is 0 Å². The molecule has 0 unspecified atom stereocenters. The summed E-state index contributed by atoms with van der Waals surface area (Å²) < 4.78 is 0. The molecule has 22 valence electrons. The van der Waals surface area contributed by atoms with E-state index in [4.69, 9.17) is 10.1 Å². The number of rotatable bonds is 0. The molecule has 0 aromatic rings. The summed E-state index contributed by atoms with van der Waals surface area (Å²) in [6.45, 7) is 0. The van der Waals surface area contributed by atoms with Crippen molar-refractivity contribution in [3.05, 3.63) is 10.1 Å². The Morgan fingerprint density at radius 1 is 1.60 bits per heavy atom. The Kier molecular flexibility index (Phi) is 76.4. The third-order valence-corrected chi connectivity index (χ3v) is 0. The average molecular weight is 101 g/mol. The van der Waals surface area contributed by atoms with Crippen molar-refractivity contribution in [1.29, 1.82) is 0 Å². The van der Waals surface area contributed by atoms with Crippen LogP contribution in [-0.4, -0.2) is 0 Å². The molecule has 0 spiro atoms. The van der Waals surface area contributed by atoms with E-state index in [-0.39, 0.29) is 40.6 Å². The predicted molar refractivity (Wildman–Crippen MR) is 9.16 cm³/mol. The molecule has 0 heterocycles. The molecule has 3 nitrogen and oxygen atoms in total. The van der Waals surface area contributed by atoms with Gasteiger partial charge in [0, 0.05) is 21.7 Å². The Hall–Kier alpha value is 0.712. The van der Waals surface area contributed by atoms with Gasteiger partial charge in [-0.3, -0.25) is 0 Å². The molecule has 0 saturated heterocycles. The summed E-state index contributed by atoms with van der Waals surface area (Å²) in [6.07, 6.45) is 0. The summed E-state index contributed by atoms with van der Waals surface area (Å²) in [5, 5.41) is 9.00. The van der Waals surface area contributed by atoms with Crippen molar-refractivity contribution >= 4 is 0 Å². The minimum Gasteiger partial charge on any atom is -0.444 e. The first-order valence-electron chi connectivity index (χ1n) is 0.365. The van der Waals surface area contributed by atoms with Crippen molar-refractivity contribution in [3.8, 4) is 0 Å². The second kappa shape index (κ2) is 22.2. The molecular weight excluding hydrogens is 101 g/mol. The Morgan fingerprint density at radius 3 is 1.60 bits per heavy atom. The van der Waals surface area contributed by atoms with Crippen LogP contribution < -0.4 is 18.9 Å². The SMILES string of the molecule is O=N[O-].[Li+].[Ti]. The molecule has 0 aliphatic heterocycles. The Bertz CT molecular complexity index is 17.1. The minimum absolute atomic E-state index is 0. The van der Waals surface area contributed by atoms with Crippen molar-refractivity contribution in [2.75, 3.05) is 0 Å². The molecule has 0 radical (unpaired) electrons. The Morgan fingerprint density at radius 2 is 1.60 bits per heavy atom. The number of hydrogen-bond donors (Lipinski definition) is 0. The quantitative estimate of drug-likeness (QED) is 0.188. The van der Waals surface area contributed by atoms with Crippen LogP contribution in [0.4, 0.5) is 0 Å². The zero-order chi connectivity index (χ0) is 2.71. The second-order valence-corrected chi connectivity index (χ2v) is 0.0745. The van der Waals surface area contributed by atoms with E-state index in [1.54, 1.807) is 0 Å². The van der Waals surface area contributed by atoms with E-state index in [9.17, 15) is 0 Å². The van der Waals surface area contributed by atoms with E-state index in [1.807, 2.05) is 0 Å². The molecule has 0 rings (SSSR count). The zero-order valence-corrected chi connectivity index (χ0v) is 4.33. The third-order valence-electron chi connectivity index (χ3n) is 0. The molecule has 5 heteroatoms. The van der Waals surface area contributed by atoms with Gasteiger partial charge in [0.25, 0.3) is 0 Å². The maximum atomic E-state index is 8.00. The normalized spacial score (nSPS) is 2.40. The van der Waals surface area contributed by atoms with E-state index in [0.29, 0.717) is 0 Å². The fraction of sp³-hybridized carbons (Fsp3) is 0. The van der Waals surface area contributed by atoms with Gasteiger partial charge >= 0.3 is 18.9 Å². The van der Waals surface area contributed by atoms with Crippen LogP contribution in [0.1, 0.15) is 0 Å². The molecule has 0 aliphatic rings. The van der Waals surface area contributed by atoms with Gasteiger partial charge < -0.3 is 10.1 Å². The summed E-state index contributed by atoms with van der Waals surface area (Å²) in [6, 6.07) is 0. The van der Waals surface area contributed by atoms with Gasteiger partial charge in [-0.2, -0.15) is 0 Å². The van der Waals surface area contributed by atoms with Gasteiger partial charge in [0.05, 0.1) is 0 Å². The fourth-order valence-electron chi connectivity index (χ4n) is 0. The molecule has 0 aromatic heterocycles. The van der Waals surface area contributed by atoms with Gasteiger partial charge in [0.15, 0.2) is 0 Å². The van der Waals surface area contributed by atoms with Crippen LogP contribution in [0.15, 0.2) is 5.34 Å². The van der Waals surface area contributed by atoms with Gasteiger partial charge in [-0.05, 0) is 0 Å². The largest absolute Gasteiger partial charge is 1.00 e. The summed E-state index contributed by atoms with van der Waals surface area (Å²) >= 11 is 0. The third kappa shape index (κ3) is 68.4. The minimum atomic E-state index is 0. The van der Waals surface area contributed by atoms with Crippen molar-refractivity contribution in [1.82, 2.24) is 0 Å². The monoisotopic (exact) mass is 101 g/mol. The smallest absolute Gasteiger partial charge is 0.444 e. The van der Waals surface area contributed by atoms with Crippen LogP contribution in [0, 0.1) is 10.1 Å². The van der Waals surface area contributed by atoms with Gasteiger partial charge in [-0.1, -0.05) is 0 Å². The van der Waals surface area contributed by atoms with Crippen molar-refractivity contribution < 1.29 is 40.6 Å². The van der Waals surface area contributed by atoms with Crippen molar-refractivity contribution in [2.24, 2.45) is 5.34 Å². The summed E-state index contributed by atoms with van der Waals surface area (Å²) in [5.41, 5.74) is 0. The molecule has 0 aliphatic carbocycles. The molecule has 0 atom stereocenters. The van der Waals surface area contributed by atoms with E-state index in [1.165, 1.54) is 0 Å². The van der Waals surface area contributed by atoms with E-state index in [2.05, 4.69) is 0 Å². The van der Waals surface area contributed by atoms with E-state index < -0.39 is 0 Å². The zero-order valence-electron chi connectivity index (χ0n) is 2.76. The number of hydrogen-bond acceptors (Lipinski definition) is 3. The van der Waals surface area contributed by atoms with Gasteiger partial charge in [-0.25, -0.2) is 0 Å².